The maximum atomic E-state index is 8.23. The van der Waals surface area contributed by atoms with Gasteiger partial charge in [0.15, 0.2) is 0 Å². The Kier molecular flexibility index (Phi) is 5.85. The summed E-state index contributed by atoms with van der Waals surface area (Å²) in [6.07, 6.45) is 0. The van der Waals surface area contributed by atoms with Crippen molar-refractivity contribution in [2.75, 3.05) is 19.8 Å². The molecule has 0 fully saturated rings. The van der Waals surface area contributed by atoms with Crippen molar-refractivity contribution in [2.45, 2.75) is 6.92 Å². The van der Waals surface area contributed by atoms with Gasteiger partial charge < -0.3 is 9.84 Å². The number of hydrogen-bond donors (Lipinski definition) is 1. The summed E-state index contributed by atoms with van der Waals surface area (Å²) < 4.78 is 5.01. The number of ether oxygens (including phenoxy) is 1. The van der Waals surface area contributed by atoms with E-state index in [2.05, 4.69) is 18.4 Å². The first-order valence-corrected chi connectivity index (χ1v) is 3.06. The van der Waals surface area contributed by atoms with Gasteiger partial charge in [0, 0.05) is 0 Å². The molecule has 56 valence electrons. The molecule has 0 heterocycles. The maximum absolute atomic E-state index is 8.23. The SMILES string of the molecule is C=C(C)COCC#CCO. The minimum atomic E-state index is -0.101. The average molecular weight is 140 g/mol. The number of hydrogen-bond acceptors (Lipinski definition) is 2. The predicted octanol–water partition coefficient (Wildman–Crippen LogP) is 0.575. The van der Waals surface area contributed by atoms with Gasteiger partial charge >= 0.3 is 0 Å². The first-order valence-electron chi connectivity index (χ1n) is 3.06. The third kappa shape index (κ3) is 7.22. The van der Waals surface area contributed by atoms with Crippen LogP contribution in [0.5, 0.6) is 0 Å². The van der Waals surface area contributed by atoms with Gasteiger partial charge in [0.05, 0.1) is 6.61 Å². The first kappa shape index (κ1) is 9.22. The summed E-state index contributed by atoms with van der Waals surface area (Å²) >= 11 is 0. The first-order chi connectivity index (χ1) is 4.77. The normalized spacial score (nSPS) is 8.20. The molecule has 0 aliphatic rings. The van der Waals surface area contributed by atoms with E-state index in [1.165, 1.54) is 0 Å². The van der Waals surface area contributed by atoms with E-state index in [1.807, 2.05) is 6.92 Å². The summed E-state index contributed by atoms with van der Waals surface area (Å²) in [6.45, 7) is 6.35. The highest BCUT2D eigenvalue weighted by atomic mass is 16.5. The van der Waals surface area contributed by atoms with Gasteiger partial charge in [0.1, 0.15) is 13.2 Å². The molecule has 0 saturated heterocycles. The van der Waals surface area contributed by atoms with E-state index in [-0.39, 0.29) is 6.61 Å². The van der Waals surface area contributed by atoms with Gasteiger partial charge in [-0.3, -0.25) is 0 Å². The minimum absolute atomic E-state index is 0.101. The van der Waals surface area contributed by atoms with Gasteiger partial charge in [-0.05, 0) is 6.92 Å². The van der Waals surface area contributed by atoms with E-state index in [9.17, 15) is 0 Å². The van der Waals surface area contributed by atoms with Crippen LogP contribution in [0.3, 0.4) is 0 Å². The maximum Gasteiger partial charge on any atom is 0.108 e. The standard InChI is InChI=1S/C8H12O2/c1-8(2)7-10-6-4-3-5-9/h9H,1,5-7H2,2H3. The van der Waals surface area contributed by atoms with Crippen LogP contribution in [0.25, 0.3) is 0 Å². The molecule has 0 unspecified atom stereocenters. The Balaban J connectivity index is 3.13. The van der Waals surface area contributed by atoms with Crippen molar-refractivity contribution in [3.63, 3.8) is 0 Å². The zero-order chi connectivity index (χ0) is 7.82. The van der Waals surface area contributed by atoms with Crippen molar-refractivity contribution in [1.82, 2.24) is 0 Å². The molecule has 0 aromatic rings. The van der Waals surface area contributed by atoms with Crippen molar-refractivity contribution in [3.8, 4) is 11.8 Å². The smallest absolute Gasteiger partial charge is 0.108 e. The van der Waals surface area contributed by atoms with Crippen LogP contribution in [-0.4, -0.2) is 24.9 Å². The molecule has 10 heavy (non-hydrogen) atoms. The lowest BCUT2D eigenvalue weighted by molar-refractivity contribution is 0.192. The van der Waals surface area contributed by atoms with Crippen LogP contribution in [0.15, 0.2) is 12.2 Å². The zero-order valence-electron chi connectivity index (χ0n) is 6.18. The molecule has 0 spiro atoms. The lowest BCUT2D eigenvalue weighted by Gasteiger charge is -1.95. The highest BCUT2D eigenvalue weighted by Crippen LogP contribution is 1.85. The summed E-state index contributed by atoms with van der Waals surface area (Å²) in [5.74, 6) is 5.10. The van der Waals surface area contributed by atoms with Crippen LogP contribution >= 0.6 is 0 Å². The van der Waals surface area contributed by atoms with Crippen molar-refractivity contribution in [3.05, 3.63) is 12.2 Å². The van der Waals surface area contributed by atoms with Crippen LogP contribution in [0, 0.1) is 11.8 Å². The topological polar surface area (TPSA) is 29.5 Å². The van der Waals surface area contributed by atoms with Crippen molar-refractivity contribution in [1.29, 1.82) is 0 Å². The lowest BCUT2D eigenvalue weighted by atomic mass is 10.4. The van der Waals surface area contributed by atoms with E-state index >= 15 is 0 Å². The molecule has 0 aliphatic heterocycles. The molecule has 0 aromatic carbocycles. The fourth-order valence-electron chi connectivity index (χ4n) is 0.383. The fraction of sp³-hybridized carbons (Fsp3) is 0.500. The monoisotopic (exact) mass is 140 g/mol. The highest BCUT2D eigenvalue weighted by molar-refractivity contribution is 4.99. The Hall–Kier alpha value is -0.780. The van der Waals surface area contributed by atoms with E-state index < -0.39 is 0 Å². The molecular formula is C8H12O2. The Morgan fingerprint density at radius 2 is 2.30 bits per heavy atom. The quantitative estimate of drug-likeness (QED) is 0.353. The molecular weight excluding hydrogens is 128 g/mol. The molecule has 0 radical (unpaired) electrons. The fourth-order valence-corrected chi connectivity index (χ4v) is 0.383. The summed E-state index contributed by atoms with van der Waals surface area (Å²) in [5.41, 5.74) is 0.978. The van der Waals surface area contributed by atoms with Crippen LogP contribution in [0.2, 0.25) is 0 Å². The van der Waals surface area contributed by atoms with Gasteiger partial charge in [-0.2, -0.15) is 0 Å². The highest BCUT2D eigenvalue weighted by Gasteiger charge is 1.82. The summed E-state index contributed by atoms with van der Waals surface area (Å²) in [5, 5.41) is 8.23. The third-order valence-electron chi connectivity index (χ3n) is 0.727. The molecule has 0 saturated carbocycles. The molecule has 2 heteroatoms. The van der Waals surface area contributed by atoms with Gasteiger partial charge in [0.2, 0.25) is 0 Å². The number of rotatable bonds is 3. The summed E-state index contributed by atoms with van der Waals surface area (Å²) in [7, 11) is 0. The van der Waals surface area contributed by atoms with Gasteiger partial charge in [0.25, 0.3) is 0 Å². The predicted molar refractivity (Wildman–Crippen MR) is 40.5 cm³/mol. The van der Waals surface area contributed by atoms with E-state index in [0.29, 0.717) is 13.2 Å². The second-order valence-electron chi connectivity index (χ2n) is 1.96. The van der Waals surface area contributed by atoms with E-state index in [1.54, 1.807) is 0 Å². The van der Waals surface area contributed by atoms with E-state index in [0.717, 1.165) is 5.57 Å². The largest absolute Gasteiger partial charge is 0.384 e. The van der Waals surface area contributed by atoms with E-state index in [4.69, 9.17) is 9.84 Å². The second kappa shape index (κ2) is 6.34. The van der Waals surface area contributed by atoms with Crippen LogP contribution < -0.4 is 0 Å². The molecule has 0 aliphatic carbocycles. The molecule has 0 rings (SSSR count). The Morgan fingerprint density at radius 1 is 1.60 bits per heavy atom. The van der Waals surface area contributed by atoms with Crippen LogP contribution in [-0.2, 0) is 4.74 Å². The van der Waals surface area contributed by atoms with Gasteiger partial charge in [-0.25, -0.2) is 0 Å². The Labute approximate surface area is 61.5 Å². The van der Waals surface area contributed by atoms with Crippen molar-refractivity contribution >= 4 is 0 Å². The second-order valence-corrected chi connectivity index (χ2v) is 1.96. The van der Waals surface area contributed by atoms with Crippen LogP contribution in [0.1, 0.15) is 6.92 Å². The minimum Gasteiger partial charge on any atom is -0.384 e. The molecule has 1 N–H and O–H groups in total. The zero-order valence-corrected chi connectivity index (χ0v) is 6.18. The van der Waals surface area contributed by atoms with Gasteiger partial charge in [-0.1, -0.05) is 24.0 Å². The lowest BCUT2D eigenvalue weighted by Crippen LogP contribution is -1.94. The molecule has 0 aromatic heterocycles. The molecule has 0 bridgehead atoms. The Morgan fingerprint density at radius 3 is 2.80 bits per heavy atom. The molecule has 0 amide bonds. The van der Waals surface area contributed by atoms with Gasteiger partial charge in [-0.15, -0.1) is 0 Å². The number of aliphatic hydroxyl groups excluding tert-OH is 1. The van der Waals surface area contributed by atoms with Crippen molar-refractivity contribution in [2.24, 2.45) is 0 Å². The average Bonchev–Trinajstić information content (AvgIpc) is 1.87. The molecule has 2 nitrogen and oxygen atoms in total. The van der Waals surface area contributed by atoms with Crippen molar-refractivity contribution < 1.29 is 9.84 Å². The third-order valence-corrected chi connectivity index (χ3v) is 0.727. The van der Waals surface area contributed by atoms with Crippen LogP contribution in [0.4, 0.5) is 0 Å². The summed E-state index contributed by atoms with van der Waals surface area (Å²) in [6, 6.07) is 0. The number of aliphatic hydroxyl groups is 1. The Bertz CT molecular complexity index is 150. The molecule has 0 atom stereocenters. The summed E-state index contributed by atoms with van der Waals surface area (Å²) in [4.78, 5) is 0.